The van der Waals surface area contributed by atoms with Crippen LogP contribution in [0.1, 0.15) is 53.8 Å². The van der Waals surface area contributed by atoms with Crippen LogP contribution in [0.25, 0.3) is 22.0 Å². The monoisotopic (exact) mass is 445 g/mol. The van der Waals surface area contributed by atoms with Crippen LogP contribution in [0.15, 0.2) is 53.2 Å². The molecule has 172 valence electrons. The molecule has 6 heteroatoms. The van der Waals surface area contributed by atoms with E-state index in [1.807, 2.05) is 13.8 Å². The first-order chi connectivity index (χ1) is 16.0. The standard InChI is InChI=1S/C27H31N3O3/c1-18-9-6-7-10-21(18)15-23-17-30(14-8-4-5-11-26(31)28-32)25-13-12-22(16-24(23)25)27-19(2)29-33-20(27)3/h6-7,9-10,12-13,16-17,32H,4-5,8,11,14-15H2,1-3H3,(H,28,31). The zero-order chi connectivity index (χ0) is 23.4. The number of aryl methyl sites for hydroxylation is 4. The summed E-state index contributed by atoms with van der Waals surface area (Å²) in [6.45, 7) is 6.98. The quantitative estimate of drug-likeness (QED) is 0.192. The molecule has 0 saturated heterocycles. The normalized spacial score (nSPS) is 11.3. The topological polar surface area (TPSA) is 80.3 Å². The van der Waals surface area contributed by atoms with E-state index in [2.05, 4.69) is 65.3 Å². The van der Waals surface area contributed by atoms with E-state index < -0.39 is 0 Å². The van der Waals surface area contributed by atoms with Crippen LogP contribution in [0.5, 0.6) is 0 Å². The first-order valence-corrected chi connectivity index (χ1v) is 11.5. The van der Waals surface area contributed by atoms with Crippen LogP contribution in [0.4, 0.5) is 0 Å². The molecule has 0 aliphatic rings. The Bertz CT molecular complexity index is 1250. The van der Waals surface area contributed by atoms with E-state index in [0.717, 1.165) is 54.8 Å². The molecule has 0 fully saturated rings. The Morgan fingerprint density at radius 2 is 1.88 bits per heavy atom. The number of hydrogen-bond acceptors (Lipinski definition) is 4. The molecule has 0 radical (unpaired) electrons. The smallest absolute Gasteiger partial charge is 0.243 e. The number of carbonyl (C=O) groups excluding carboxylic acids is 1. The van der Waals surface area contributed by atoms with Crippen molar-refractivity contribution in [1.29, 1.82) is 0 Å². The number of rotatable bonds is 9. The Balaban J connectivity index is 1.65. The van der Waals surface area contributed by atoms with E-state index in [-0.39, 0.29) is 5.91 Å². The van der Waals surface area contributed by atoms with Crippen LogP contribution < -0.4 is 5.48 Å². The maximum atomic E-state index is 11.2. The second-order valence-corrected chi connectivity index (χ2v) is 8.73. The van der Waals surface area contributed by atoms with Gasteiger partial charge < -0.3 is 9.09 Å². The lowest BCUT2D eigenvalue weighted by Gasteiger charge is -2.07. The molecular formula is C27H31N3O3. The summed E-state index contributed by atoms with van der Waals surface area (Å²) in [4.78, 5) is 11.2. The summed E-state index contributed by atoms with van der Waals surface area (Å²) in [5.74, 6) is 0.507. The van der Waals surface area contributed by atoms with Gasteiger partial charge in [-0.2, -0.15) is 0 Å². The highest BCUT2D eigenvalue weighted by molar-refractivity contribution is 5.89. The van der Waals surface area contributed by atoms with Gasteiger partial charge in [-0.05, 0) is 74.4 Å². The molecule has 1 amide bonds. The minimum Gasteiger partial charge on any atom is -0.361 e. The fraction of sp³-hybridized carbons (Fsp3) is 0.333. The third-order valence-electron chi connectivity index (χ3n) is 6.36. The van der Waals surface area contributed by atoms with Gasteiger partial charge in [-0.3, -0.25) is 10.0 Å². The van der Waals surface area contributed by atoms with Gasteiger partial charge in [0.1, 0.15) is 5.76 Å². The molecular weight excluding hydrogens is 414 g/mol. The van der Waals surface area contributed by atoms with E-state index >= 15 is 0 Å². The molecule has 6 nitrogen and oxygen atoms in total. The van der Waals surface area contributed by atoms with Gasteiger partial charge in [0, 0.05) is 35.6 Å². The number of nitrogens with one attached hydrogen (secondary N) is 1. The van der Waals surface area contributed by atoms with Gasteiger partial charge in [-0.25, -0.2) is 5.48 Å². The number of nitrogens with zero attached hydrogens (tertiary/aromatic N) is 2. The zero-order valence-corrected chi connectivity index (χ0v) is 19.5. The average molecular weight is 446 g/mol. The van der Waals surface area contributed by atoms with Gasteiger partial charge in [-0.1, -0.05) is 41.9 Å². The number of benzene rings is 2. The molecule has 2 aromatic heterocycles. The molecule has 4 aromatic rings. The van der Waals surface area contributed by atoms with Crippen molar-refractivity contribution < 1.29 is 14.5 Å². The van der Waals surface area contributed by atoms with Crippen LogP contribution >= 0.6 is 0 Å². The fourth-order valence-electron chi connectivity index (χ4n) is 4.56. The van der Waals surface area contributed by atoms with E-state index in [9.17, 15) is 4.79 Å². The fourth-order valence-corrected chi connectivity index (χ4v) is 4.56. The van der Waals surface area contributed by atoms with Crippen LogP contribution in [-0.4, -0.2) is 20.8 Å². The average Bonchev–Trinajstić information content (AvgIpc) is 3.33. The van der Waals surface area contributed by atoms with Crippen molar-refractivity contribution in [3.8, 4) is 11.1 Å². The van der Waals surface area contributed by atoms with E-state index in [0.29, 0.717) is 6.42 Å². The van der Waals surface area contributed by atoms with Crippen LogP contribution in [-0.2, 0) is 17.8 Å². The first kappa shape index (κ1) is 22.8. The Hall–Kier alpha value is -3.38. The molecule has 2 heterocycles. The SMILES string of the molecule is Cc1ccccc1Cc1cn(CCCCCC(=O)NO)c2ccc(-c3c(C)noc3C)cc12. The lowest BCUT2D eigenvalue weighted by Crippen LogP contribution is -2.17. The zero-order valence-electron chi connectivity index (χ0n) is 19.5. The van der Waals surface area contributed by atoms with E-state index in [1.54, 1.807) is 5.48 Å². The summed E-state index contributed by atoms with van der Waals surface area (Å²) < 4.78 is 7.74. The van der Waals surface area contributed by atoms with Crippen molar-refractivity contribution >= 4 is 16.8 Å². The van der Waals surface area contributed by atoms with Crippen LogP contribution in [0.2, 0.25) is 0 Å². The highest BCUT2D eigenvalue weighted by Crippen LogP contribution is 2.33. The van der Waals surface area contributed by atoms with Crippen molar-refractivity contribution in [1.82, 2.24) is 15.2 Å². The number of hydroxylamine groups is 1. The van der Waals surface area contributed by atoms with Gasteiger partial charge in [0.05, 0.1) is 5.69 Å². The molecule has 0 bridgehead atoms. The summed E-state index contributed by atoms with van der Waals surface area (Å²) in [6, 6.07) is 15.1. The van der Waals surface area contributed by atoms with Crippen molar-refractivity contribution in [2.45, 2.75) is 59.4 Å². The maximum Gasteiger partial charge on any atom is 0.243 e. The molecule has 33 heavy (non-hydrogen) atoms. The second-order valence-electron chi connectivity index (χ2n) is 8.73. The highest BCUT2D eigenvalue weighted by atomic mass is 16.5. The van der Waals surface area contributed by atoms with Crippen molar-refractivity contribution in [3.05, 3.63) is 76.8 Å². The summed E-state index contributed by atoms with van der Waals surface area (Å²) in [5, 5.41) is 14.0. The second kappa shape index (κ2) is 10.0. The Morgan fingerprint density at radius 3 is 2.61 bits per heavy atom. The third kappa shape index (κ3) is 5.01. The molecule has 4 rings (SSSR count). The van der Waals surface area contributed by atoms with Gasteiger partial charge in [0.2, 0.25) is 5.91 Å². The van der Waals surface area contributed by atoms with Crippen LogP contribution in [0.3, 0.4) is 0 Å². The van der Waals surface area contributed by atoms with Gasteiger partial charge in [-0.15, -0.1) is 0 Å². The third-order valence-corrected chi connectivity index (χ3v) is 6.36. The van der Waals surface area contributed by atoms with Crippen molar-refractivity contribution in [2.24, 2.45) is 0 Å². The predicted molar refractivity (Wildman–Crippen MR) is 129 cm³/mol. The Kier molecular flexibility index (Phi) is 6.94. The summed E-state index contributed by atoms with van der Waals surface area (Å²) in [5.41, 5.74) is 9.92. The Labute approximate surface area is 194 Å². The minimum absolute atomic E-state index is 0.325. The molecule has 0 aliphatic carbocycles. The highest BCUT2D eigenvalue weighted by Gasteiger charge is 2.16. The number of carbonyl (C=O) groups is 1. The van der Waals surface area contributed by atoms with Gasteiger partial charge in [0.25, 0.3) is 0 Å². The number of aromatic nitrogens is 2. The van der Waals surface area contributed by atoms with Crippen molar-refractivity contribution in [3.63, 3.8) is 0 Å². The van der Waals surface area contributed by atoms with Gasteiger partial charge in [0.15, 0.2) is 0 Å². The van der Waals surface area contributed by atoms with E-state index in [4.69, 9.17) is 9.73 Å². The molecule has 0 atom stereocenters. The summed E-state index contributed by atoms with van der Waals surface area (Å²) in [6.07, 6.45) is 6.15. The minimum atomic E-state index is -0.325. The molecule has 2 aromatic carbocycles. The van der Waals surface area contributed by atoms with E-state index in [1.165, 1.54) is 27.6 Å². The van der Waals surface area contributed by atoms with Gasteiger partial charge >= 0.3 is 0 Å². The summed E-state index contributed by atoms with van der Waals surface area (Å²) >= 11 is 0. The first-order valence-electron chi connectivity index (χ1n) is 11.5. The molecule has 2 N–H and O–H groups in total. The number of hydrogen-bond donors (Lipinski definition) is 2. The molecule has 0 saturated carbocycles. The summed E-state index contributed by atoms with van der Waals surface area (Å²) in [7, 11) is 0. The predicted octanol–water partition coefficient (Wildman–Crippen LogP) is 5.88. The molecule has 0 unspecified atom stereocenters. The largest absolute Gasteiger partial charge is 0.361 e. The Morgan fingerprint density at radius 1 is 1.06 bits per heavy atom. The molecule has 0 spiro atoms. The van der Waals surface area contributed by atoms with Crippen molar-refractivity contribution in [2.75, 3.05) is 0 Å². The number of unbranched alkanes of at least 4 members (excludes halogenated alkanes) is 2. The maximum absolute atomic E-state index is 11.2. The van der Waals surface area contributed by atoms with Crippen LogP contribution in [0, 0.1) is 20.8 Å². The number of fused-ring (bicyclic) bond motifs is 1. The molecule has 0 aliphatic heterocycles. The lowest BCUT2D eigenvalue weighted by atomic mass is 9.97. The lowest BCUT2D eigenvalue weighted by molar-refractivity contribution is -0.129. The number of amides is 1.